The van der Waals surface area contributed by atoms with Crippen molar-refractivity contribution in [3.63, 3.8) is 0 Å². The van der Waals surface area contributed by atoms with Gasteiger partial charge in [-0.1, -0.05) is 10.2 Å². The molecule has 7 N–H and O–H groups in total. The normalized spacial score (nSPS) is 45.9. The minimum absolute atomic E-state index is 0.0900. The molecule has 0 bridgehead atoms. The van der Waals surface area contributed by atoms with Gasteiger partial charge in [-0.05, 0) is 45.2 Å². The lowest BCUT2D eigenvalue weighted by atomic mass is 9.83. The molecule has 15 atom stereocenters. The lowest BCUT2D eigenvalue weighted by molar-refractivity contribution is -0.215. The van der Waals surface area contributed by atoms with Crippen LogP contribution in [0, 0.1) is 0 Å². The molecule has 0 aromatic heterocycles. The Morgan fingerprint density at radius 1 is 0.721 bits per heavy atom. The highest BCUT2D eigenvalue weighted by atomic mass is 16.8. The molecule has 0 aromatic rings. The smallest absolute Gasteiger partial charge is 0.188 e. The van der Waals surface area contributed by atoms with Gasteiger partial charge in [0.2, 0.25) is 0 Å². The fourth-order valence-electron chi connectivity index (χ4n) is 6.47. The average Bonchev–Trinajstić information content (AvgIpc) is 3.62. The SMILES string of the molecule is CC1(C)O[C@H]2O[C@H]([C@H](O)CN[C@@H]3C[C@H](NC[C@H](O)[C@H]4O[C@@H]5OC(C)(C)O[C@@H]5[C@H]4N=[N+]=[N-])[C@@H](O)C(O)[C@H]3O)[C@H](N=[N+]=[N-])[C@H]2O1. The highest BCUT2D eigenvalue weighted by molar-refractivity contribution is 5.04. The Morgan fingerprint density at radius 2 is 1.12 bits per heavy atom. The summed E-state index contributed by atoms with van der Waals surface area (Å²) in [6, 6.07) is -3.34. The number of ether oxygens (including phenoxy) is 6. The van der Waals surface area contributed by atoms with E-state index >= 15 is 0 Å². The summed E-state index contributed by atoms with van der Waals surface area (Å²) in [7, 11) is 0. The predicted molar refractivity (Wildman–Crippen MR) is 141 cm³/mol. The third kappa shape index (κ3) is 6.57. The summed E-state index contributed by atoms with van der Waals surface area (Å²) in [6.07, 6.45) is -11.7. The molecule has 1 saturated carbocycles. The van der Waals surface area contributed by atoms with Crippen molar-refractivity contribution in [2.45, 2.75) is 137 Å². The standard InChI is InChI=1S/C24H40N8O11/c1-23(2)40-19-12(29-31-25)17(38-21(19)42-23)10(33)6-27-8-5-9(15(36)16(37)14(8)35)28-7-11(34)18-13(30-32-26)20-22(39-18)43-24(3,4)41-20/h8-22,27-28,33-37H,5-7H2,1-4H3/t8-,9+,10-,11+,12-,13-,14+,15-,16?,17+,18+,19+,20+,21+,22+/m0/s1. The molecule has 5 fully saturated rings. The third-order valence-corrected chi connectivity index (χ3v) is 8.44. The first-order valence-corrected chi connectivity index (χ1v) is 14.2. The minimum Gasteiger partial charge on any atom is -0.389 e. The van der Waals surface area contributed by atoms with Crippen LogP contribution >= 0.6 is 0 Å². The molecule has 0 amide bonds. The van der Waals surface area contributed by atoms with Gasteiger partial charge in [0.25, 0.3) is 0 Å². The quantitative estimate of drug-likeness (QED) is 0.0813. The van der Waals surface area contributed by atoms with E-state index in [0.29, 0.717) is 0 Å². The summed E-state index contributed by atoms with van der Waals surface area (Å²) in [5.74, 6) is -1.90. The lowest BCUT2D eigenvalue weighted by Crippen LogP contribution is -2.64. The Morgan fingerprint density at radius 3 is 1.49 bits per heavy atom. The van der Waals surface area contributed by atoms with Crippen LogP contribution in [0.1, 0.15) is 34.1 Å². The molecule has 5 rings (SSSR count). The molecular weight excluding hydrogens is 576 g/mol. The van der Waals surface area contributed by atoms with Crippen molar-refractivity contribution in [2.24, 2.45) is 10.2 Å². The monoisotopic (exact) mass is 616 g/mol. The van der Waals surface area contributed by atoms with Gasteiger partial charge in [0, 0.05) is 35.0 Å². The molecule has 4 saturated heterocycles. The summed E-state index contributed by atoms with van der Waals surface area (Å²) in [5, 5.41) is 67.1. The third-order valence-electron chi connectivity index (χ3n) is 8.44. The Balaban J connectivity index is 1.16. The second kappa shape index (κ2) is 12.5. The Bertz CT molecular complexity index is 1030. The van der Waals surface area contributed by atoms with Crippen molar-refractivity contribution >= 4 is 0 Å². The van der Waals surface area contributed by atoms with Crippen molar-refractivity contribution in [1.29, 1.82) is 0 Å². The van der Waals surface area contributed by atoms with E-state index in [2.05, 4.69) is 30.7 Å². The molecule has 0 spiro atoms. The van der Waals surface area contributed by atoms with Crippen LogP contribution in [0.3, 0.4) is 0 Å². The first kappa shape index (κ1) is 32.5. The van der Waals surface area contributed by atoms with Gasteiger partial charge in [0.05, 0.1) is 48.7 Å². The number of hydrogen-bond acceptors (Lipinski definition) is 15. The van der Waals surface area contributed by atoms with Gasteiger partial charge in [0.15, 0.2) is 24.2 Å². The van der Waals surface area contributed by atoms with Gasteiger partial charge in [-0.3, -0.25) is 0 Å². The van der Waals surface area contributed by atoms with Crippen LogP contribution < -0.4 is 10.6 Å². The summed E-state index contributed by atoms with van der Waals surface area (Å²) in [5.41, 5.74) is 18.1. The molecule has 5 aliphatic rings. The molecule has 43 heavy (non-hydrogen) atoms. The molecular formula is C24H40N8O11. The molecule has 0 radical (unpaired) electrons. The van der Waals surface area contributed by atoms with Gasteiger partial charge in [-0.25, -0.2) is 0 Å². The summed E-state index contributed by atoms with van der Waals surface area (Å²) in [6.45, 7) is 6.50. The van der Waals surface area contributed by atoms with Crippen molar-refractivity contribution < 1.29 is 54.0 Å². The van der Waals surface area contributed by atoms with E-state index in [1.54, 1.807) is 27.7 Å². The Labute approximate surface area is 246 Å². The van der Waals surface area contributed by atoms with Gasteiger partial charge in [-0.15, -0.1) is 0 Å². The van der Waals surface area contributed by atoms with Crippen molar-refractivity contribution in [3.8, 4) is 0 Å². The number of nitrogens with zero attached hydrogens (tertiary/aromatic N) is 6. The van der Waals surface area contributed by atoms with E-state index in [0.717, 1.165) is 0 Å². The van der Waals surface area contributed by atoms with E-state index in [1.807, 2.05) is 0 Å². The zero-order valence-electron chi connectivity index (χ0n) is 24.2. The number of azide groups is 2. The maximum absolute atomic E-state index is 10.9. The van der Waals surface area contributed by atoms with Crippen molar-refractivity contribution in [3.05, 3.63) is 20.9 Å². The maximum Gasteiger partial charge on any atom is 0.188 e. The first-order chi connectivity index (χ1) is 20.2. The number of aliphatic hydroxyl groups is 5. The van der Waals surface area contributed by atoms with E-state index in [4.69, 9.17) is 39.5 Å². The van der Waals surface area contributed by atoms with Crippen molar-refractivity contribution in [1.82, 2.24) is 10.6 Å². The summed E-state index contributed by atoms with van der Waals surface area (Å²) < 4.78 is 34.5. The molecule has 242 valence electrons. The summed E-state index contributed by atoms with van der Waals surface area (Å²) in [4.78, 5) is 5.70. The van der Waals surface area contributed by atoms with Crippen LogP contribution in [0.25, 0.3) is 20.9 Å². The first-order valence-electron chi connectivity index (χ1n) is 14.2. The van der Waals surface area contributed by atoms with Crippen LogP contribution in [0.5, 0.6) is 0 Å². The van der Waals surface area contributed by atoms with E-state index in [1.165, 1.54) is 0 Å². The topological polar surface area (TPSA) is 278 Å². The predicted octanol–water partition coefficient (Wildman–Crippen LogP) is -1.78. The van der Waals surface area contributed by atoms with Crippen LogP contribution in [-0.4, -0.2) is 142 Å². The second-order valence-electron chi connectivity index (χ2n) is 12.4. The van der Waals surface area contributed by atoms with E-state index < -0.39 is 103 Å². The highest BCUT2D eigenvalue weighted by Gasteiger charge is 2.57. The highest BCUT2D eigenvalue weighted by Crippen LogP contribution is 2.41. The fourth-order valence-corrected chi connectivity index (χ4v) is 6.47. The molecule has 4 aliphatic heterocycles. The van der Waals surface area contributed by atoms with Crippen molar-refractivity contribution in [2.75, 3.05) is 13.1 Å². The lowest BCUT2D eigenvalue weighted by Gasteiger charge is -2.42. The number of aliphatic hydroxyl groups excluding tert-OH is 5. The van der Waals surface area contributed by atoms with Crippen LogP contribution in [-0.2, 0) is 28.4 Å². The molecule has 19 nitrogen and oxygen atoms in total. The van der Waals surface area contributed by atoms with Crippen LogP contribution in [0.4, 0.5) is 0 Å². The molecule has 19 heteroatoms. The van der Waals surface area contributed by atoms with Gasteiger partial charge in [0.1, 0.15) is 18.3 Å². The minimum atomic E-state index is -1.55. The summed E-state index contributed by atoms with van der Waals surface area (Å²) >= 11 is 0. The molecule has 0 aromatic carbocycles. The Kier molecular flexibility index (Phi) is 9.43. The maximum atomic E-state index is 10.9. The number of nitrogens with one attached hydrogen (secondary N) is 2. The average molecular weight is 617 g/mol. The second-order valence-corrected chi connectivity index (χ2v) is 12.4. The van der Waals surface area contributed by atoms with Gasteiger partial charge >= 0.3 is 0 Å². The molecule has 1 aliphatic carbocycles. The number of fused-ring (bicyclic) bond motifs is 2. The number of rotatable bonds is 10. The molecule has 4 heterocycles. The van der Waals surface area contributed by atoms with Crippen LogP contribution in [0.2, 0.25) is 0 Å². The largest absolute Gasteiger partial charge is 0.389 e. The fraction of sp³-hybridized carbons (Fsp3) is 1.00. The zero-order chi connectivity index (χ0) is 31.3. The van der Waals surface area contributed by atoms with Gasteiger partial charge < -0.3 is 64.6 Å². The van der Waals surface area contributed by atoms with Crippen LogP contribution in [0.15, 0.2) is 10.2 Å². The Hall–Kier alpha value is -1.90. The van der Waals surface area contributed by atoms with E-state index in [-0.39, 0.29) is 19.5 Å². The molecule has 1 unspecified atom stereocenters. The van der Waals surface area contributed by atoms with E-state index in [9.17, 15) is 25.5 Å². The number of hydrogen-bond donors (Lipinski definition) is 7. The zero-order valence-corrected chi connectivity index (χ0v) is 24.2. The van der Waals surface area contributed by atoms with Gasteiger partial charge in [-0.2, -0.15) is 0 Å².